The Morgan fingerprint density at radius 2 is 1.72 bits per heavy atom. The van der Waals surface area contributed by atoms with Crippen LogP contribution in [-0.2, 0) is 28.9 Å². The topological polar surface area (TPSA) is 30.7 Å². The van der Waals surface area contributed by atoms with Crippen molar-refractivity contribution in [3.05, 3.63) is 24.3 Å². The molecule has 18 heavy (non-hydrogen) atoms. The maximum atomic E-state index is 4.20. The van der Waals surface area contributed by atoms with E-state index in [0.717, 1.165) is 17.6 Å². The molecular formula is C14H21AgN3+. The molecule has 1 aromatic heterocycles. The molecular weight excluding hydrogens is 318 g/mol. The fourth-order valence-electron chi connectivity index (χ4n) is 2.12. The number of para-hydroxylation sites is 1. The van der Waals surface area contributed by atoms with Crippen molar-refractivity contribution >= 4 is 11.0 Å². The number of aromatic nitrogens is 3. The van der Waals surface area contributed by atoms with Gasteiger partial charge in [-0.15, -0.1) is 5.10 Å². The normalized spacial score (nSPS) is 10.5. The number of hydrogen-bond donors (Lipinski definition) is 0. The zero-order valence-corrected chi connectivity index (χ0v) is 12.4. The molecule has 0 aliphatic heterocycles. The van der Waals surface area contributed by atoms with E-state index in [1.165, 1.54) is 38.5 Å². The predicted octanol–water partition coefficient (Wildman–Crippen LogP) is 3.79. The number of aryl methyl sites for hydroxylation is 1. The van der Waals surface area contributed by atoms with Gasteiger partial charge in [-0.2, -0.15) is 0 Å². The van der Waals surface area contributed by atoms with Crippen molar-refractivity contribution in [1.29, 1.82) is 0 Å². The molecule has 102 valence electrons. The Morgan fingerprint density at radius 1 is 1.00 bits per heavy atom. The average Bonchev–Trinajstić information content (AvgIpc) is 2.77. The summed E-state index contributed by atoms with van der Waals surface area (Å²) in [6.07, 6.45) is 7.90. The number of hydrogen-bond acceptors (Lipinski definition) is 2. The summed E-state index contributed by atoms with van der Waals surface area (Å²) in [7, 11) is 0. The Balaban J connectivity index is 0.00000162. The summed E-state index contributed by atoms with van der Waals surface area (Å²) in [6.45, 7) is 3.24. The summed E-state index contributed by atoms with van der Waals surface area (Å²) in [4.78, 5) is 0. The van der Waals surface area contributed by atoms with Crippen molar-refractivity contribution in [3.8, 4) is 0 Å². The number of unbranched alkanes of at least 4 members (excludes halogenated alkanes) is 5. The van der Waals surface area contributed by atoms with Crippen molar-refractivity contribution in [3.63, 3.8) is 0 Å². The molecule has 0 amide bonds. The van der Waals surface area contributed by atoms with Crippen LogP contribution in [0, 0.1) is 0 Å². The van der Waals surface area contributed by atoms with Crippen molar-refractivity contribution < 1.29 is 22.4 Å². The van der Waals surface area contributed by atoms with Gasteiger partial charge in [-0.3, -0.25) is 0 Å². The Kier molecular flexibility index (Phi) is 7.25. The third kappa shape index (κ3) is 4.23. The molecule has 0 saturated heterocycles. The van der Waals surface area contributed by atoms with E-state index >= 15 is 0 Å². The Hall–Kier alpha value is -0.640. The van der Waals surface area contributed by atoms with Crippen LogP contribution in [0.1, 0.15) is 45.4 Å². The van der Waals surface area contributed by atoms with Crippen LogP contribution in [-0.4, -0.2) is 15.0 Å². The van der Waals surface area contributed by atoms with Crippen LogP contribution in [0.15, 0.2) is 24.3 Å². The summed E-state index contributed by atoms with van der Waals surface area (Å²) < 4.78 is 2.02. The van der Waals surface area contributed by atoms with E-state index in [4.69, 9.17) is 0 Å². The molecule has 1 aromatic carbocycles. The second-order valence-electron chi connectivity index (χ2n) is 4.57. The SMILES string of the molecule is CCCCCCCCn1nnc2ccccc21.[Ag+]. The molecule has 0 unspecified atom stereocenters. The second-order valence-corrected chi connectivity index (χ2v) is 4.57. The minimum Gasteiger partial charge on any atom is -0.245 e. The van der Waals surface area contributed by atoms with Gasteiger partial charge in [0.15, 0.2) is 0 Å². The van der Waals surface area contributed by atoms with E-state index in [1.54, 1.807) is 0 Å². The van der Waals surface area contributed by atoms with Gasteiger partial charge in [0.2, 0.25) is 0 Å². The monoisotopic (exact) mass is 338 g/mol. The van der Waals surface area contributed by atoms with E-state index in [9.17, 15) is 0 Å². The zero-order valence-electron chi connectivity index (χ0n) is 10.9. The van der Waals surface area contributed by atoms with Crippen molar-refractivity contribution in [2.75, 3.05) is 0 Å². The van der Waals surface area contributed by atoms with Gasteiger partial charge in [-0.25, -0.2) is 4.68 Å². The molecule has 0 fully saturated rings. The molecule has 2 aromatic rings. The van der Waals surface area contributed by atoms with E-state index < -0.39 is 0 Å². The van der Waals surface area contributed by atoms with Gasteiger partial charge in [0.1, 0.15) is 5.52 Å². The maximum Gasteiger partial charge on any atom is 1.00 e. The van der Waals surface area contributed by atoms with Gasteiger partial charge in [-0.05, 0) is 18.6 Å². The summed E-state index contributed by atoms with van der Waals surface area (Å²) in [6, 6.07) is 8.15. The molecule has 0 aliphatic carbocycles. The number of fused-ring (bicyclic) bond motifs is 1. The molecule has 0 spiro atoms. The van der Waals surface area contributed by atoms with Crippen molar-refractivity contribution in [1.82, 2.24) is 15.0 Å². The molecule has 0 bridgehead atoms. The first-order valence-electron chi connectivity index (χ1n) is 6.70. The Bertz CT molecular complexity index is 453. The molecule has 0 radical (unpaired) electrons. The first kappa shape index (κ1) is 15.4. The standard InChI is InChI=1S/C14H21N3.Ag/c1-2-3-4-5-6-9-12-17-14-11-8-7-10-13(14)15-16-17;/h7-8,10-11H,2-6,9,12H2,1H3;/q;+1. The summed E-state index contributed by atoms with van der Waals surface area (Å²) >= 11 is 0. The van der Waals surface area contributed by atoms with Gasteiger partial charge in [-0.1, -0.05) is 56.4 Å². The largest absolute Gasteiger partial charge is 1.00 e. The maximum absolute atomic E-state index is 4.20. The smallest absolute Gasteiger partial charge is 0.245 e. The molecule has 0 aliphatic rings. The van der Waals surface area contributed by atoms with E-state index in [0.29, 0.717) is 0 Å². The minimum atomic E-state index is 0. The summed E-state index contributed by atoms with van der Waals surface area (Å²) in [5.74, 6) is 0. The van der Waals surface area contributed by atoms with Crippen LogP contribution >= 0.6 is 0 Å². The first-order valence-corrected chi connectivity index (χ1v) is 6.70. The average molecular weight is 339 g/mol. The summed E-state index contributed by atoms with van der Waals surface area (Å²) in [5, 5.41) is 8.36. The molecule has 2 rings (SSSR count). The van der Waals surface area contributed by atoms with Gasteiger partial charge in [0.05, 0.1) is 5.52 Å². The van der Waals surface area contributed by atoms with Crippen molar-refractivity contribution in [2.24, 2.45) is 0 Å². The second kappa shape index (κ2) is 8.46. The van der Waals surface area contributed by atoms with E-state index in [-0.39, 0.29) is 22.4 Å². The zero-order chi connectivity index (χ0) is 11.9. The summed E-state index contributed by atoms with van der Waals surface area (Å²) in [5.41, 5.74) is 2.15. The van der Waals surface area contributed by atoms with Gasteiger partial charge < -0.3 is 0 Å². The van der Waals surface area contributed by atoms with Crippen LogP contribution in [0.2, 0.25) is 0 Å². The number of benzene rings is 1. The molecule has 0 saturated carbocycles. The Labute approximate surface area is 124 Å². The molecule has 0 atom stereocenters. The van der Waals surface area contributed by atoms with Crippen LogP contribution in [0.25, 0.3) is 11.0 Å². The van der Waals surface area contributed by atoms with Crippen LogP contribution in [0.4, 0.5) is 0 Å². The number of rotatable bonds is 7. The van der Waals surface area contributed by atoms with Gasteiger partial charge in [0.25, 0.3) is 0 Å². The van der Waals surface area contributed by atoms with Crippen LogP contribution < -0.4 is 0 Å². The van der Waals surface area contributed by atoms with Crippen LogP contribution in [0.5, 0.6) is 0 Å². The minimum absolute atomic E-state index is 0. The van der Waals surface area contributed by atoms with Crippen molar-refractivity contribution in [2.45, 2.75) is 52.0 Å². The van der Waals surface area contributed by atoms with Crippen LogP contribution in [0.3, 0.4) is 0 Å². The molecule has 1 heterocycles. The predicted molar refractivity (Wildman–Crippen MR) is 70.9 cm³/mol. The van der Waals surface area contributed by atoms with E-state index in [2.05, 4.69) is 23.3 Å². The van der Waals surface area contributed by atoms with Gasteiger partial charge in [0, 0.05) is 6.54 Å². The molecule has 0 N–H and O–H groups in total. The molecule has 4 heteroatoms. The number of nitrogens with zero attached hydrogens (tertiary/aromatic N) is 3. The third-order valence-electron chi connectivity index (χ3n) is 3.14. The van der Waals surface area contributed by atoms with Gasteiger partial charge >= 0.3 is 22.4 Å². The Morgan fingerprint density at radius 3 is 2.56 bits per heavy atom. The fourth-order valence-corrected chi connectivity index (χ4v) is 2.12. The van der Waals surface area contributed by atoms with E-state index in [1.807, 2.05) is 22.9 Å². The third-order valence-corrected chi connectivity index (χ3v) is 3.14. The first-order chi connectivity index (χ1) is 8.42. The fraction of sp³-hybridized carbons (Fsp3) is 0.571. The molecule has 3 nitrogen and oxygen atoms in total. The quantitative estimate of drug-likeness (QED) is 0.568.